The Morgan fingerprint density at radius 3 is 2.83 bits per heavy atom. The average molecular weight is 251 g/mol. The van der Waals surface area contributed by atoms with Crippen molar-refractivity contribution in [2.75, 3.05) is 6.61 Å². The third kappa shape index (κ3) is 3.07. The molecule has 1 unspecified atom stereocenters. The minimum atomic E-state index is -1.19. The van der Waals surface area contributed by atoms with E-state index in [1.165, 1.54) is 12.1 Å². The molecule has 0 aliphatic carbocycles. The van der Waals surface area contributed by atoms with E-state index in [9.17, 15) is 14.9 Å². The van der Waals surface area contributed by atoms with Gasteiger partial charge in [-0.25, -0.2) is 4.79 Å². The maximum absolute atomic E-state index is 10.9. The number of allylic oxidation sites excluding steroid dienone is 1. The van der Waals surface area contributed by atoms with Crippen LogP contribution < -0.4 is 4.74 Å². The highest BCUT2D eigenvalue weighted by Crippen LogP contribution is 2.35. The van der Waals surface area contributed by atoms with Crippen molar-refractivity contribution in [3.63, 3.8) is 0 Å². The number of ether oxygens (including phenoxy) is 1. The van der Waals surface area contributed by atoms with E-state index >= 15 is 0 Å². The Morgan fingerprint density at radius 2 is 2.33 bits per heavy atom. The van der Waals surface area contributed by atoms with E-state index in [0.29, 0.717) is 5.56 Å². The highest BCUT2D eigenvalue weighted by Gasteiger charge is 2.21. The van der Waals surface area contributed by atoms with Gasteiger partial charge in [0.05, 0.1) is 4.92 Å². The number of nitro groups is 1. The van der Waals surface area contributed by atoms with Crippen molar-refractivity contribution in [3.05, 3.63) is 46.5 Å². The Bertz CT molecular complexity index is 483. The van der Waals surface area contributed by atoms with E-state index in [2.05, 4.69) is 6.58 Å². The lowest BCUT2D eigenvalue weighted by atomic mass is 9.99. The quantitative estimate of drug-likeness (QED) is 0.476. The van der Waals surface area contributed by atoms with Gasteiger partial charge >= 0.3 is 11.7 Å². The van der Waals surface area contributed by atoms with Crippen molar-refractivity contribution in [1.82, 2.24) is 0 Å². The van der Waals surface area contributed by atoms with E-state index in [-0.39, 0.29) is 17.4 Å². The van der Waals surface area contributed by atoms with Crippen molar-refractivity contribution in [2.24, 2.45) is 0 Å². The van der Waals surface area contributed by atoms with Gasteiger partial charge in [0.1, 0.15) is 0 Å². The molecule has 0 spiro atoms. The molecule has 1 aromatic rings. The van der Waals surface area contributed by atoms with Gasteiger partial charge in [0, 0.05) is 17.5 Å². The van der Waals surface area contributed by atoms with E-state index in [4.69, 9.17) is 9.84 Å². The van der Waals surface area contributed by atoms with E-state index in [1.807, 2.05) is 0 Å². The zero-order valence-corrected chi connectivity index (χ0v) is 9.83. The number of benzene rings is 1. The van der Waals surface area contributed by atoms with Crippen LogP contribution in [0, 0.1) is 10.1 Å². The summed E-state index contributed by atoms with van der Waals surface area (Å²) in [5, 5.41) is 19.5. The largest absolute Gasteiger partial charge is 0.479 e. The van der Waals surface area contributed by atoms with Crippen LogP contribution in [-0.4, -0.2) is 22.6 Å². The fourth-order valence-electron chi connectivity index (χ4n) is 1.46. The number of para-hydroxylation sites is 1. The predicted octanol–water partition coefficient (Wildman–Crippen LogP) is 2.35. The second-order valence-corrected chi connectivity index (χ2v) is 3.66. The molecule has 96 valence electrons. The number of carboxylic acids is 1. The molecule has 0 radical (unpaired) electrons. The van der Waals surface area contributed by atoms with E-state index < -0.39 is 17.5 Å². The summed E-state index contributed by atoms with van der Waals surface area (Å²) in [6, 6.07) is 4.45. The van der Waals surface area contributed by atoms with Gasteiger partial charge < -0.3 is 9.84 Å². The van der Waals surface area contributed by atoms with Crippen molar-refractivity contribution in [3.8, 4) is 5.75 Å². The van der Waals surface area contributed by atoms with Crippen LogP contribution in [0.4, 0.5) is 5.69 Å². The van der Waals surface area contributed by atoms with Gasteiger partial charge in [-0.15, -0.1) is 6.58 Å². The third-order valence-electron chi connectivity index (χ3n) is 2.41. The molecule has 1 rings (SSSR count). The summed E-state index contributed by atoms with van der Waals surface area (Å²) in [7, 11) is 0. The molecule has 1 atom stereocenters. The molecular formula is C12H13NO5. The number of hydrogen-bond donors (Lipinski definition) is 1. The van der Waals surface area contributed by atoms with Gasteiger partial charge in [-0.3, -0.25) is 10.1 Å². The average Bonchev–Trinajstić information content (AvgIpc) is 2.34. The molecule has 1 N–H and O–H groups in total. The highest BCUT2D eigenvalue weighted by molar-refractivity contribution is 5.69. The molecule has 0 saturated carbocycles. The first-order valence-corrected chi connectivity index (χ1v) is 5.21. The van der Waals surface area contributed by atoms with Crippen molar-refractivity contribution >= 4 is 11.7 Å². The maximum Gasteiger partial charge on any atom is 0.341 e. The van der Waals surface area contributed by atoms with Gasteiger partial charge in [0.2, 0.25) is 5.75 Å². The van der Waals surface area contributed by atoms with Gasteiger partial charge in [-0.1, -0.05) is 25.1 Å². The summed E-state index contributed by atoms with van der Waals surface area (Å²) in [4.78, 5) is 20.8. The number of nitrogens with zero attached hydrogens (tertiary/aromatic N) is 1. The van der Waals surface area contributed by atoms with Crippen LogP contribution in [-0.2, 0) is 4.79 Å². The summed E-state index contributed by atoms with van der Waals surface area (Å²) < 4.78 is 5.03. The maximum atomic E-state index is 10.9. The Balaban J connectivity index is 3.24. The van der Waals surface area contributed by atoms with Gasteiger partial charge in [-0.05, 0) is 0 Å². The summed E-state index contributed by atoms with van der Waals surface area (Å²) in [6.07, 6.45) is 1.60. The molecule has 6 nitrogen and oxygen atoms in total. The van der Waals surface area contributed by atoms with Gasteiger partial charge in [0.25, 0.3) is 0 Å². The Labute approximate surface area is 104 Å². The number of nitro benzene ring substituents is 1. The molecule has 1 aromatic carbocycles. The highest BCUT2D eigenvalue weighted by atomic mass is 16.6. The van der Waals surface area contributed by atoms with Crippen LogP contribution in [0.3, 0.4) is 0 Å². The lowest BCUT2D eigenvalue weighted by molar-refractivity contribution is -0.385. The van der Waals surface area contributed by atoms with Crippen LogP contribution in [0.1, 0.15) is 18.4 Å². The Morgan fingerprint density at radius 1 is 1.67 bits per heavy atom. The molecule has 18 heavy (non-hydrogen) atoms. The van der Waals surface area contributed by atoms with Crippen LogP contribution in [0.5, 0.6) is 5.75 Å². The number of rotatable bonds is 6. The zero-order valence-electron chi connectivity index (χ0n) is 9.83. The van der Waals surface area contributed by atoms with Crippen LogP contribution >= 0.6 is 0 Å². The molecule has 0 aromatic heterocycles. The Hall–Kier alpha value is -2.37. The topological polar surface area (TPSA) is 89.7 Å². The normalized spacial score (nSPS) is 11.6. The number of hydrogen-bond acceptors (Lipinski definition) is 4. The fourth-order valence-corrected chi connectivity index (χ4v) is 1.46. The first kappa shape index (κ1) is 13.7. The SMILES string of the molecule is C=CC(C)c1cccc([N+](=O)[O-])c1OCC(=O)O. The van der Waals surface area contributed by atoms with Crippen LogP contribution in [0.2, 0.25) is 0 Å². The molecule has 0 fully saturated rings. The van der Waals surface area contributed by atoms with Crippen molar-refractivity contribution < 1.29 is 19.6 Å². The predicted molar refractivity (Wildman–Crippen MR) is 64.8 cm³/mol. The van der Waals surface area contributed by atoms with Crippen LogP contribution in [0.15, 0.2) is 30.9 Å². The van der Waals surface area contributed by atoms with Crippen molar-refractivity contribution in [2.45, 2.75) is 12.8 Å². The first-order valence-electron chi connectivity index (χ1n) is 5.21. The lowest BCUT2D eigenvalue weighted by Gasteiger charge is -2.13. The minimum absolute atomic E-state index is 0.0164. The zero-order chi connectivity index (χ0) is 13.7. The molecule has 0 aliphatic heterocycles. The minimum Gasteiger partial charge on any atom is -0.479 e. The third-order valence-corrected chi connectivity index (χ3v) is 2.41. The smallest absolute Gasteiger partial charge is 0.341 e. The number of carboxylic acid groups (broad SMARTS) is 1. The van der Waals surface area contributed by atoms with E-state index in [0.717, 1.165) is 0 Å². The molecule has 6 heteroatoms. The fraction of sp³-hybridized carbons (Fsp3) is 0.250. The van der Waals surface area contributed by atoms with Gasteiger partial charge in [0.15, 0.2) is 6.61 Å². The van der Waals surface area contributed by atoms with Crippen molar-refractivity contribution in [1.29, 1.82) is 0 Å². The molecule has 0 bridgehead atoms. The summed E-state index contributed by atoms with van der Waals surface area (Å²) in [5.41, 5.74) is 0.294. The van der Waals surface area contributed by atoms with E-state index in [1.54, 1.807) is 19.1 Å². The summed E-state index contributed by atoms with van der Waals surface area (Å²) in [6.45, 7) is 4.77. The second kappa shape index (κ2) is 5.81. The first-order chi connectivity index (χ1) is 8.47. The second-order valence-electron chi connectivity index (χ2n) is 3.66. The van der Waals surface area contributed by atoms with Crippen LogP contribution in [0.25, 0.3) is 0 Å². The summed E-state index contributed by atoms with van der Waals surface area (Å²) in [5.74, 6) is -1.38. The molecule has 0 heterocycles. The molecule has 0 aliphatic rings. The molecule has 0 saturated heterocycles. The van der Waals surface area contributed by atoms with Gasteiger partial charge in [-0.2, -0.15) is 0 Å². The number of aliphatic carboxylic acids is 1. The lowest BCUT2D eigenvalue weighted by Crippen LogP contribution is -2.12. The monoisotopic (exact) mass is 251 g/mol. The Kier molecular flexibility index (Phi) is 4.42. The number of carbonyl (C=O) groups is 1. The molecular weight excluding hydrogens is 238 g/mol. The standard InChI is InChI=1S/C12H13NO5/c1-3-8(2)9-5-4-6-10(13(16)17)12(9)18-7-11(14)15/h3-6,8H,1,7H2,2H3,(H,14,15). The molecule has 0 amide bonds. The summed E-state index contributed by atoms with van der Waals surface area (Å²) >= 11 is 0.